The first-order valence-electron chi connectivity index (χ1n) is 6.48. The van der Waals surface area contributed by atoms with Crippen LogP contribution in [-0.4, -0.2) is 32.6 Å². The van der Waals surface area contributed by atoms with Crippen molar-refractivity contribution in [1.82, 2.24) is 14.9 Å². The molecule has 2 aromatic rings. The van der Waals surface area contributed by atoms with E-state index in [9.17, 15) is 13.9 Å². The molecule has 0 aliphatic carbocycles. The maximum atomic E-state index is 13.4. The highest BCUT2D eigenvalue weighted by atomic mass is 19.2. The van der Waals surface area contributed by atoms with Crippen LogP contribution in [0, 0.1) is 11.6 Å². The molecule has 1 aliphatic rings. The second-order valence-corrected chi connectivity index (χ2v) is 5.09. The van der Waals surface area contributed by atoms with Crippen LogP contribution in [0.1, 0.15) is 23.7 Å². The van der Waals surface area contributed by atoms with Gasteiger partial charge in [-0.1, -0.05) is 6.07 Å². The molecule has 20 heavy (non-hydrogen) atoms. The van der Waals surface area contributed by atoms with E-state index in [0.717, 1.165) is 11.8 Å². The van der Waals surface area contributed by atoms with E-state index in [0.29, 0.717) is 25.1 Å². The number of H-pyrrole nitrogens is 1. The summed E-state index contributed by atoms with van der Waals surface area (Å²) in [5.41, 5.74) is 1.60. The molecule has 3 rings (SSSR count). The molecule has 0 bridgehead atoms. The summed E-state index contributed by atoms with van der Waals surface area (Å²) < 4.78 is 26.4. The number of benzene rings is 1. The van der Waals surface area contributed by atoms with Gasteiger partial charge in [0.15, 0.2) is 11.6 Å². The van der Waals surface area contributed by atoms with Gasteiger partial charge in [-0.2, -0.15) is 0 Å². The lowest BCUT2D eigenvalue weighted by Crippen LogP contribution is -2.24. The molecule has 2 heterocycles. The highest BCUT2D eigenvalue weighted by Gasteiger charge is 2.32. The lowest BCUT2D eigenvalue weighted by atomic mass is 10.0. The van der Waals surface area contributed by atoms with Crippen molar-refractivity contribution < 1.29 is 13.9 Å². The SMILES string of the molecule is O[C@H]1C[C@@H](c2ccc(F)c(F)c2)N(Cc2cnc[nH]2)C1. The minimum absolute atomic E-state index is 0.122. The molecule has 106 valence electrons. The summed E-state index contributed by atoms with van der Waals surface area (Å²) in [5, 5.41) is 9.85. The largest absolute Gasteiger partial charge is 0.392 e. The number of aliphatic hydroxyl groups is 1. The molecule has 0 amide bonds. The van der Waals surface area contributed by atoms with Crippen molar-refractivity contribution in [2.24, 2.45) is 0 Å². The third-order valence-electron chi connectivity index (χ3n) is 3.64. The number of hydrogen-bond acceptors (Lipinski definition) is 3. The molecule has 2 atom stereocenters. The lowest BCUT2D eigenvalue weighted by Gasteiger charge is -2.23. The van der Waals surface area contributed by atoms with Crippen LogP contribution in [0.5, 0.6) is 0 Å². The third kappa shape index (κ3) is 2.57. The number of nitrogens with zero attached hydrogens (tertiary/aromatic N) is 2. The first-order valence-corrected chi connectivity index (χ1v) is 6.48. The number of aromatic amines is 1. The average molecular weight is 279 g/mol. The van der Waals surface area contributed by atoms with Gasteiger partial charge in [-0.15, -0.1) is 0 Å². The van der Waals surface area contributed by atoms with Gasteiger partial charge in [0.1, 0.15) is 0 Å². The smallest absolute Gasteiger partial charge is 0.159 e. The molecule has 1 saturated heterocycles. The fraction of sp³-hybridized carbons (Fsp3) is 0.357. The Labute approximate surface area is 115 Å². The summed E-state index contributed by atoms with van der Waals surface area (Å²) in [6, 6.07) is 3.78. The zero-order valence-electron chi connectivity index (χ0n) is 10.8. The van der Waals surface area contributed by atoms with E-state index < -0.39 is 17.7 Å². The van der Waals surface area contributed by atoms with Crippen LogP contribution in [0.4, 0.5) is 8.78 Å². The number of likely N-dealkylation sites (tertiary alicyclic amines) is 1. The van der Waals surface area contributed by atoms with Gasteiger partial charge >= 0.3 is 0 Å². The molecule has 1 fully saturated rings. The topological polar surface area (TPSA) is 52.1 Å². The first-order chi connectivity index (χ1) is 9.63. The van der Waals surface area contributed by atoms with Gasteiger partial charge in [0, 0.05) is 31.0 Å². The molecule has 0 spiro atoms. The standard InChI is InChI=1S/C14H15F2N3O/c15-12-2-1-9(3-13(12)16)14-4-11(20)7-19(14)6-10-5-17-8-18-10/h1-3,5,8,11,14,20H,4,6-7H2,(H,17,18)/t11-,14-/m0/s1. The molecule has 2 N–H and O–H groups in total. The Hall–Kier alpha value is -1.79. The van der Waals surface area contributed by atoms with Crippen LogP contribution in [0.25, 0.3) is 0 Å². The number of nitrogens with one attached hydrogen (secondary N) is 1. The van der Waals surface area contributed by atoms with Crippen LogP contribution < -0.4 is 0 Å². The normalized spacial score (nSPS) is 23.4. The summed E-state index contributed by atoms with van der Waals surface area (Å²) in [7, 11) is 0. The predicted octanol–water partition coefficient (Wildman–Crippen LogP) is 2.00. The first kappa shape index (κ1) is 13.2. The molecule has 1 aromatic heterocycles. The van der Waals surface area contributed by atoms with E-state index in [-0.39, 0.29) is 6.04 Å². The molecular formula is C14H15F2N3O. The number of aliphatic hydroxyl groups excluding tert-OH is 1. The monoisotopic (exact) mass is 279 g/mol. The molecule has 0 saturated carbocycles. The van der Waals surface area contributed by atoms with Gasteiger partial charge in [0.05, 0.1) is 12.4 Å². The lowest BCUT2D eigenvalue weighted by molar-refractivity contribution is 0.172. The van der Waals surface area contributed by atoms with Crippen LogP contribution in [0.3, 0.4) is 0 Å². The molecule has 0 unspecified atom stereocenters. The van der Waals surface area contributed by atoms with Gasteiger partial charge in [-0.25, -0.2) is 13.8 Å². The summed E-state index contributed by atoms with van der Waals surface area (Å²) in [6.07, 6.45) is 3.36. The predicted molar refractivity (Wildman–Crippen MR) is 68.7 cm³/mol. The molecule has 0 radical (unpaired) electrons. The Morgan fingerprint density at radius 2 is 2.20 bits per heavy atom. The summed E-state index contributed by atoms with van der Waals surface area (Å²) in [6.45, 7) is 1.09. The van der Waals surface area contributed by atoms with Gasteiger partial charge in [0.25, 0.3) is 0 Å². The maximum absolute atomic E-state index is 13.4. The number of β-amino-alcohol motifs (C(OH)–C–C–N with tert-alkyl or cyclic N) is 1. The van der Waals surface area contributed by atoms with E-state index in [2.05, 4.69) is 9.97 Å². The Morgan fingerprint density at radius 3 is 2.90 bits per heavy atom. The number of hydrogen-bond donors (Lipinski definition) is 2. The van der Waals surface area contributed by atoms with Crippen molar-refractivity contribution in [1.29, 1.82) is 0 Å². The number of aromatic nitrogens is 2. The second kappa shape index (κ2) is 5.30. The molecule has 1 aromatic carbocycles. The van der Waals surface area contributed by atoms with E-state index in [1.807, 2.05) is 4.90 Å². The molecule has 1 aliphatic heterocycles. The van der Waals surface area contributed by atoms with Crippen molar-refractivity contribution in [3.8, 4) is 0 Å². The van der Waals surface area contributed by atoms with Gasteiger partial charge in [-0.05, 0) is 24.1 Å². The van der Waals surface area contributed by atoms with E-state index in [4.69, 9.17) is 0 Å². The van der Waals surface area contributed by atoms with Crippen molar-refractivity contribution in [3.05, 3.63) is 53.6 Å². The van der Waals surface area contributed by atoms with Gasteiger partial charge in [-0.3, -0.25) is 4.90 Å². The van der Waals surface area contributed by atoms with Gasteiger partial charge in [0.2, 0.25) is 0 Å². The minimum atomic E-state index is -0.856. The molecule has 6 heteroatoms. The van der Waals surface area contributed by atoms with Crippen molar-refractivity contribution >= 4 is 0 Å². The molecule has 4 nitrogen and oxygen atoms in total. The summed E-state index contributed by atoms with van der Waals surface area (Å²) >= 11 is 0. The van der Waals surface area contributed by atoms with Crippen LogP contribution in [0.2, 0.25) is 0 Å². The van der Waals surface area contributed by atoms with E-state index >= 15 is 0 Å². The third-order valence-corrected chi connectivity index (χ3v) is 3.64. The van der Waals surface area contributed by atoms with Gasteiger partial charge < -0.3 is 10.1 Å². The van der Waals surface area contributed by atoms with E-state index in [1.165, 1.54) is 6.07 Å². The molecular weight excluding hydrogens is 264 g/mol. The summed E-state index contributed by atoms with van der Waals surface area (Å²) in [5.74, 6) is -1.71. The Kier molecular flexibility index (Phi) is 3.50. The average Bonchev–Trinajstić information content (AvgIpc) is 3.03. The number of rotatable bonds is 3. The Bertz CT molecular complexity index is 588. The number of imidazole rings is 1. The van der Waals surface area contributed by atoms with Crippen LogP contribution >= 0.6 is 0 Å². The maximum Gasteiger partial charge on any atom is 0.159 e. The van der Waals surface area contributed by atoms with E-state index in [1.54, 1.807) is 18.6 Å². The highest BCUT2D eigenvalue weighted by Crippen LogP contribution is 2.33. The van der Waals surface area contributed by atoms with Crippen molar-refractivity contribution in [2.75, 3.05) is 6.54 Å². The second-order valence-electron chi connectivity index (χ2n) is 5.09. The number of halogens is 2. The minimum Gasteiger partial charge on any atom is -0.392 e. The fourth-order valence-corrected chi connectivity index (χ4v) is 2.71. The van der Waals surface area contributed by atoms with Crippen molar-refractivity contribution in [2.45, 2.75) is 25.1 Å². The van der Waals surface area contributed by atoms with Crippen LogP contribution in [-0.2, 0) is 6.54 Å². The quantitative estimate of drug-likeness (QED) is 0.903. The van der Waals surface area contributed by atoms with Crippen LogP contribution in [0.15, 0.2) is 30.7 Å². The van der Waals surface area contributed by atoms with Crippen molar-refractivity contribution in [3.63, 3.8) is 0 Å². The zero-order valence-corrected chi connectivity index (χ0v) is 10.8. The summed E-state index contributed by atoms with van der Waals surface area (Å²) in [4.78, 5) is 8.99. The zero-order chi connectivity index (χ0) is 14.1. The highest BCUT2D eigenvalue weighted by molar-refractivity contribution is 5.23. The Morgan fingerprint density at radius 1 is 1.35 bits per heavy atom. The fourth-order valence-electron chi connectivity index (χ4n) is 2.71. The Balaban J connectivity index is 1.83.